The molecule has 2 aromatic carbocycles. The van der Waals surface area contributed by atoms with Crippen LogP contribution in [0.15, 0.2) is 34.8 Å². The van der Waals surface area contributed by atoms with E-state index in [1.54, 1.807) is 18.2 Å². The van der Waals surface area contributed by atoms with Crippen LogP contribution in [0.1, 0.15) is 17.2 Å². The first kappa shape index (κ1) is 16.1. The van der Waals surface area contributed by atoms with Crippen molar-refractivity contribution in [2.75, 3.05) is 14.2 Å². The minimum absolute atomic E-state index is 0.116. The van der Waals surface area contributed by atoms with Crippen molar-refractivity contribution in [1.82, 2.24) is 0 Å². The Bertz CT molecular complexity index is 664. The smallest absolute Gasteiger partial charge is 0.165 e. The average molecular weight is 376 g/mol. The molecule has 6 heteroatoms. The van der Waals surface area contributed by atoms with Gasteiger partial charge in [-0.3, -0.25) is 0 Å². The second-order valence-electron chi connectivity index (χ2n) is 4.31. The minimum atomic E-state index is -1.07. The number of ether oxygens (including phenoxy) is 2. The van der Waals surface area contributed by atoms with E-state index in [1.807, 2.05) is 0 Å². The molecule has 0 amide bonds. The summed E-state index contributed by atoms with van der Waals surface area (Å²) in [7, 11) is 2.87. The lowest BCUT2D eigenvalue weighted by molar-refractivity contribution is 0.213. The van der Waals surface area contributed by atoms with Crippen molar-refractivity contribution < 1.29 is 19.0 Å². The number of aliphatic hydroxyl groups is 1. The van der Waals surface area contributed by atoms with Gasteiger partial charge in [-0.15, -0.1) is 0 Å². The quantitative estimate of drug-likeness (QED) is 0.864. The molecule has 0 radical (unpaired) electrons. The van der Waals surface area contributed by atoms with Gasteiger partial charge in [0, 0.05) is 10.6 Å². The lowest BCUT2D eigenvalue weighted by atomic mass is 10.0. The van der Waals surface area contributed by atoms with Crippen LogP contribution in [-0.4, -0.2) is 19.3 Å². The molecule has 0 aromatic heterocycles. The van der Waals surface area contributed by atoms with Crippen LogP contribution in [0.3, 0.4) is 0 Å². The Kier molecular flexibility index (Phi) is 5.08. The highest BCUT2D eigenvalue weighted by atomic mass is 79.9. The molecule has 2 rings (SSSR count). The topological polar surface area (TPSA) is 38.7 Å². The lowest BCUT2D eigenvalue weighted by Gasteiger charge is -2.17. The molecule has 21 heavy (non-hydrogen) atoms. The van der Waals surface area contributed by atoms with E-state index in [0.717, 1.165) is 0 Å². The second-order valence-corrected chi connectivity index (χ2v) is 5.60. The molecule has 3 nitrogen and oxygen atoms in total. The highest BCUT2D eigenvalue weighted by molar-refractivity contribution is 9.10. The Morgan fingerprint density at radius 2 is 1.90 bits per heavy atom. The molecule has 0 aliphatic heterocycles. The van der Waals surface area contributed by atoms with Gasteiger partial charge in [-0.1, -0.05) is 17.7 Å². The number of benzene rings is 2. The van der Waals surface area contributed by atoms with Crippen LogP contribution in [0.2, 0.25) is 5.02 Å². The molecular weight excluding hydrogens is 363 g/mol. The van der Waals surface area contributed by atoms with E-state index in [9.17, 15) is 9.50 Å². The van der Waals surface area contributed by atoms with Crippen LogP contribution in [0, 0.1) is 5.82 Å². The van der Waals surface area contributed by atoms with E-state index in [1.165, 1.54) is 26.4 Å². The molecule has 0 bridgehead atoms. The van der Waals surface area contributed by atoms with Crippen molar-refractivity contribution in [3.8, 4) is 11.5 Å². The van der Waals surface area contributed by atoms with Crippen molar-refractivity contribution in [2.24, 2.45) is 0 Å². The number of hydrogen-bond donors (Lipinski definition) is 1. The van der Waals surface area contributed by atoms with Crippen molar-refractivity contribution in [1.29, 1.82) is 0 Å². The first-order chi connectivity index (χ1) is 9.97. The summed E-state index contributed by atoms with van der Waals surface area (Å²) in [4.78, 5) is 0. The molecule has 0 saturated carbocycles. The van der Waals surface area contributed by atoms with Gasteiger partial charge in [-0.05, 0) is 45.8 Å². The maximum absolute atomic E-state index is 13.8. The second kappa shape index (κ2) is 6.64. The number of rotatable bonds is 4. The molecule has 112 valence electrons. The largest absolute Gasteiger partial charge is 0.495 e. The SMILES string of the molecule is COc1ccc(C(O)c2cc(Cl)cc(Br)c2OC)cc1F. The predicted octanol–water partition coefficient (Wildman–Crippen LogP) is 4.34. The van der Waals surface area contributed by atoms with E-state index < -0.39 is 11.9 Å². The summed E-state index contributed by atoms with van der Waals surface area (Å²) in [6.07, 6.45) is -1.07. The summed E-state index contributed by atoms with van der Waals surface area (Å²) >= 11 is 9.32. The molecule has 1 N–H and O–H groups in total. The van der Waals surface area contributed by atoms with Crippen LogP contribution >= 0.6 is 27.5 Å². The van der Waals surface area contributed by atoms with E-state index in [-0.39, 0.29) is 5.75 Å². The van der Waals surface area contributed by atoms with Crippen molar-refractivity contribution in [3.63, 3.8) is 0 Å². The Morgan fingerprint density at radius 1 is 1.19 bits per heavy atom. The summed E-state index contributed by atoms with van der Waals surface area (Å²) in [5.41, 5.74) is 0.821. The standard InChI is InChI=1S/C15H13BrClFO3/c1-20-13-4-3-8(5-12(13)18)14(19)10-6-9(17)7-11(16)15(10)21-2/h3-7,14,19H,1-2H3. The molecular formula is C15H13BrClFO3. The van der Waals surface area contributed by atoms with Gasteiger partial charge in [0.05, 0.1) is 18.7 Å². The van der Waals surface area contributed by atoms with Crippen LogP contribution in [0.4, 0.5) is 4.39 Å². The van der Waals surface area contributed by atoms with Crippen molar-refractivity contribution >= 4 is 27.5 Å². The lowest BCUT2D eigenvalue weighted by Crippen LogP contribution is -2.04. The number of hydrogen-bond acceptors (Lipinski definition) is 3. The Morgan fingerprint density at radius 3 is 2.48 bits per heavy atom. The first-order valence-electron chi connectivity index (χ1n) is 6.02. The van der Waals surface area contributed by atoms with E-state index >= 15 is 0 Å². The molecule has 0 heterocycles. The van der Waals surface area contributed by atoms with Gasteiger partial charge in [0.2, 0.25) is 0 Å². The summed E-state index contributed by atoms with van der Waals surface area (Å²) in [5, 5.41) is 10.9. The van der Waals surface area contributed by atoms with Crippen LogP contribution < -0.4 is 9.47 Å². The minimum Gasteiger partial charge on any atom is -0.495 e. The van der Waals surface area contributed by atoms with Crippen molar-refractivity contribution in [3.05, 3.63) is 56.8 Å². The van der Waals surface area contributed by atoms with Crippen LogP contribution in [-0.2, 0) is 0 Å². The highest BCUT2D eigenvalue weighted by Gasteiger charge is 2.20. The molecule has 0 saturated heterocycles. The van der Waals surface area contributed by atoms with Gasteiger partial charge < -0.3 is 14.6 Å². The normalized spacial score (nSPS) is 12.1. The number of methoxy groups -OCH3 is 2. The third-order valence-corrected chi connectivity index (χ3v) is 3.83. The van der Waals surface area contributed by atoms with Gasteiger partial charge in [-0.2, -0.15) is 0 Å². The molecule has 0 fully saturated rings. The van der Waals surface area contributed by atoms with Crippen LogP contribution in [0.25, 0.3) is 0 Å². The monoisotopic (exact) mass is 374 g/mol. The summed E-state index contributed by atoms with van der Waals surface area (Å²) in [6.45, 7) is 0. The number of halogens is 3. The maximum atomic E-state index is 13.8. The predicted molar refractivity (Wildman–Crippen MR) is 82.7 cm³/mol. The van der Waals surface area contributed by atoms with Gasteiger partial charge in [0.15, 0.2) is 11.6 Å². The molecule has 2 aromatic rings. The van der Waals surface area contributed by atoms with Gasteiger partial charge in [0.1, 0.15) is 11.9 Å². The molecule has 0 spiro atoms. The Hall–Kier alpha value is -1.30. The third kappa shape index (κ3) is 3.31. The molecule has 0 aliphatic carbocycles. The average Bonchev–Trinajstić information content (AvgIpc) is 2.45. The highest BCUT2D eigenvalue weighted by Crippen LogP contribution is 2.38. The van der Waals surface area contributed by atoms with Gasteiger partial charge >= 0.3 is 0 Å². The third-order valence-electron chi connectivity index (χ3n) is 3.03. The summed E-state index contributed by atoms with van der Waals surface area (Å²) in [6, 6.07) is 7.50. The van der Waals surface area contributed by atoms with E-state index in [2.05, 4.69) is 15.9 Å². The van der Waals surface area contributed by atoms with E-state index in [0.29, 0.717) is 26.4 Å². The van der Waals surface area contributed by atoms with E-state index in [4.69, 9.17) is 21.1 Å². The molecule has 1 unspecified atom stereocenters. The fraction of sp³-hybridized carbons (Fsp3) is 0.200. The fourth-order valence-corrected chi connectivity index (χ4v) is 3.03. The first-order valence-corrected chi connectivity index (χ1v) is 7.19. The summed E-state index contributed by atoms with van der Waals surface area (Å²) < 4.78 is 24.5. The molecule has 1 atom stereocenters. The van der Waals surface area contributed by atoms with Crippen molar-refractivity contribution in [2.45, 2.75) is 6.10 Å². The van der Waals surface area contributed by atoms with Gasteiger partial charge in [-0.25, -0.2) is 4.39 Å². The maximum Gasteiger partial charge on any atom is 0.165 e. The Labute approximate surface area is 135 Å². The van der Waals surface area contributed by atoms with Gasteiger partial charge in [0.25, 0.3) is 0 Å². The zero-order valence-corrected chi connectivity index (χ0v) is 13.7. The summed E-state index contributed by atoms with van der Waals surface area (Å²) in [5.74, 6) is 0.0161. The van der Waals surface area contributed by atoms with Crippen LogP contribution in [0.5, 0.6) is 11.5 Å². The molecule has 0 aliphatic rings. The zero-order chi connectivity index (χ0) is 15.6. The fourth-order valence-electron chi connectivity index (χ4n) is 2.03. The number of aliphatic hydroxyl groups excluding tert-OH is 1. The zero-order valence-electron chi connectivity index (χ0n) is 11.4. The Balaban J connectivity index is 2.49.